The number of hydrogen-bond acceptors (Lipinski definition) is 5. The van der Waals surface area contributed by atoms with Crippen LogP contribution in [-0.4, -0.2) is 46.7 Å². The lowest BCUT2D eigenvalue weighted by Crippen LogP contribution is -2.42. The zero-order valence-corrected chi connectivity index (χ0v) is 22.5. The van der Waals surface area contributed by atoms with E-state index in [1.54, 1.807) is 36.4 Å². The monoisotopic (exact) mass is 569 g/mol. The van der Waals surface area contributed by atoms with Crippen molar-refractivity contribution in [2.45, 2.75) is 23.3 Å². The molecule has 1 amide bonds. The number of nitrogens with one attached hydrogen (secondary N) is 2. The highest BCUT2D eigenvalue weighted by Crippen LogP contribution is 2.21. The summed E-state index contributed by atoms with van der Waals surface area (Å²) in [5.74, 6) is -0.593. The normalized spacial score (nSPS) is 12.0. The Morgan fingerprint density at radius 2 is 1.47 bits per heavy atom. The largest absolute Gasteiger partial charge is 0.354 e. The molecule has 3 aromatic rings. The van der Waals surface area contributed by atoms with Gasteiger partial charge < -0.3 is 5.32 Å². The number of amides is 1. The molecule has 0 atom stereocenters. The molecule has 0 aromatic heterocycles. The van der Waals surface area contributed by atoms with Crippen LogP contribution in [0.2, 0.25) is 10.0 Å². The van der Waals surface area contributed by atoms with Crippen LogP contribution in [0.5, 0.6) is 0 Å². The Labute approximate surface area is 221 Å². The van der Waals surface area contributed by atoms with Crippen LogP contribution in [0, 0.1) is 6.92 Å². The lowest BCUT2D eigenvalue weighted by atomic mass is 10.2. The first kappa shape index (κ1) is 28.1. The molecule has 0 aliphatic rings. The minimum Gasteiger partial charge on any atom is -0.354 e. The summed E-state index contributed by atoms with van der Waals surface area (Å²) in [6, 6.07) is 18.6. The maximum Gasteiger partial charge on any atom is 0.243 e. The summed E-state index contributed by atoms with van der Waals surface area (Å²) in [5, 5.41) is 3.37. The van der Waals surface area contributed by atoms with Gasteiger partial charge in [-0.3, -0.25) is 4.79 Å². The summed E-state index contributed by atoms with van der Waals surface area (Å²) in [6.07, 6.45) is 0. The fourth-order valence-electron chi connectivity index (χ4n) is 3.22. The van der Waals surface area contributed by atoms with E-state index < -0.39 is 32.5 Å². The van der Waals surface area contributed by atoms with E-state index in [4.69, 9.17) is 23.2 Å². The van der Waals surface area contributed by atoms with Crippen molar-refractivity contribution in [2.24, 2.45) is 0 Å². The van der Waals surface area contributed by atoms with Crippen molar-refractivity contribution >= 4 is 49.2 Å². The lowest BCUT2D eigenvalue weighted by Gasteiger charge is -2.22. The predicted octanol–water partition coefficient (Wildman–Crippen LogP) is 3.59. The van der Waals surface area contributed by atoms with Crippen molar-refractivity contribution < 1.29 is 21.6 Å². The molecule has 0 aliphatic heterocycles. The standard InChI is InChI=1S/C24H25Cl2N3O5S2/c1-18-5-9-22(10-6-18)35(31,32)28-14-13-27-24(30)17-29(16-19-3-2-4-21(26)15-19)36(33,34)23-11-7-20(25)8-12-23/h2-12,15,28H,13-14,16-17H2,1H3,(H,27,30). The van der Waals surface area contributed by atoms with Crippen molar-refractivity contribution in [3.05, 3.63) is 94.0 Å². The van der Waals surface area contributed by atoms with Crippen LogP contribution >= 0.6 is 23.2 Å². The van der Waals surface area contributed by atoms with Gasteiger partial charge in [0.2, 0.25) is 26.0 Å². The smallest absolute Gasteiger partial charge is 0.243 e. The Hall–Kier alpha value is -2.47. The minimum absolute atomic E-state index is 0.0208. The van der Waals surface area contributed by atoms with Crippen LogP contribution in [0.3, 0.4) is 0 Å². The molecule has 0 heterocycles. The maximum atomic E-state index is 13.3. The van der Waals surface area contributed by atoms with Crippen molar-refractivity contribution in [1.82, 2.24) is 14.3 Å². The summed E-state index contributed by atoms with van der Waals surface area (Å²) in [4.78, 5) is 12.7. The maximum absolute atomic E-state index is 13.3. The van der Waals surface area contributed by atoms with E-state index in [1.165, 1.54) is 36.4 Å². The summed E-state index contributed by atoms with van der Waals surface area (Å²) in [6.45, 7) is 1.17. The van der Waals surface area contributed by atoms with Crippen LogP contribution < -0.4 is 10.0 Å². The first-order valence-electron chi connectivity index (χ1n) is 10.8. The number of sulfonamides is 2. The molecule has 3 rings (SSSR count). The van der Waals surface area contributed by atoms with Gasteiger partial charge in [0.15, 0.2) is 0 Å². The fraction of sp³-hybridized carbons (Fsp3) is 0.208. The summed E-state index contributed by atoms with van der Waals surface area (Å²) in [5.41, 5.74) is 1.52. The van der Waals surface area contributed by atoms with Crippen LogP contribution in [0.4, 0.5) is 0 Å². The van der Waals surface area contributed by atoms with Crippen molar-refractivity contribution in [3.8, 4) is 0 Å². The molecule has 3 aromatic carbocycles. The number of hydrogen-bond donors (Lipinski definition) is 2. The molecule has 0 radical (unpaired) electrons. The van der Waals surface area contributed by atoms with Gasteiger partial charge in [0.1, 0.15) is 0 Å². The SMILES string of the molecule is Cc1ccc(S(=O)(=O)NCCNC(=O)CN(Cc2cccc(Cl)c2)S(=O)(=O)c2ccc(Cl)cc2)cc1. The third-order valence-corrected chi connectivity index (χ3v) is 8.86. The zero-order chi connectivity index (χ0) is 26.3. The highest BCUT2D eigenvalue weighted by Gasteiger charge is 2.27. The predicted molar refractivity (Wildman–Crippen MR) is 140 cm³/mol. The highest BCUT2D eigenvalue weighted by atomic mass is 35.5. The van der Waals surface area contributed by atoms with Gasteiger partial charge in [0.25, 0.3) is 0 Å². The van der Waals surface area contributed by atoms with E-state index in [9.17, 15) is 21.6 Å². The third kappa shape index (κ3) is 7.76. The average Bonchev–Trinajstić information content (AvgIpc) is 2.82. The Balaban J connectivity index is 1.66. The number of benzene rings is 3. The molecule has 192 valence electrons. The second-order valence-electron chi connectivity index (χ2n) is 7.92. The summed E-state index contributed by atoms with van der Waals surface area (Å²) >= 11 is 11.9. The fourth-order valence-corrected chi connectivity index (χ4v) is 5.98. The van der Waals surface area contributed by atoms with E-state index >= 15 is 0 Å². The number of nitrogens with zero attached hydrogens (tertiary/aromatic N) is 1. The Morgan fingerprint density at radius 3 is 2.11 bits per heavy atom. The van der Waals surface area contributed by atoms with E-state index in [2.05, 4.69) is 10.0 Å². The molecule has 0 fully saturated rings. The molecular weight excluding hydrogens is 545 g/mol. The summed E-state index contributed by atoms with van der Waals surface area (Å²) in [7, 11) is -7.79. The van der Waals surface area contributed by atoms with Gasteiger partial charge in [-0.05, 0) is 61.0 Å². The molecule has 36 heavy (non-hydrogen) atoms. The number of carbonyl (C=O) groups excluding carboxylic acids is 1. The van der Waals surface area contributed by atoms with Crippen LogP contribution in [0.1, 0.15) is 11.1 Å². The lowest BCUT2D eigenvalue weighted by molar-refractivity contribution is -0.121. The molecule has 0 saturated carbocycles. The number of halogens is 2. The van der Waals surface area contributed by atoms with Crippen LogP contribution in [-0.2, 0) is 31.4 Å². The number of rotatable bonds is 11. The second kappa shape index (κ2) is 12.2. The first-order valence-corrected chi connectivity index (χ1v) is 14.5. The molecule has 0 bridgehead atoms. The Kier molecular flexibility index (Phi) is 9.51. The molecule has 0 aliphatic carbocycles. The number of aryl methyl sites for hydroxylation is 1. The molecule has 0 spiro atoms. The Morgan fingerprint density at radius 1 is 0.833 bits per heavy atom. The zero-order valence-electron chi connectivity index (χ0n) is 19.3. The summed E-state index contributed by atoms with van der Waals surface area (Å²) < 4.78 is 54.8. The molecule has 8 nitrogen and oxygen atoms in total. The molecule has 12 heteroatoms. The van der Waals surface area contributed by atoms with Gasteiger partial charge in [-0.2, -0.15) is 4.31 Å². The van der Waals surface area contributed by atoms with E-state index in [0.717, 1.165) is 9.87 Å². The van der Waals surface area contributed by atoms with Gasteiger partial charge in [0.05, 0.1) is 16.3 Å². The van der Waals surface area contributed by atoms with Gasteiger partial charge in [-0.25, -0.2) is 21.6 Å². The first-order chi connectivity index (χ1) is 17.0. The van der Waals surface area contributed by atoms with Crippen molar-refractivity contribution in [3.63, 3.8) is 0 Å². The van der Waals surface area contributed by atoms with Crippen LogP contribution in [0.15, 0.2) is 82.6 Å². The van der Waals surface area contributed by atoms with Crippen molar-refractivity contribution in [1.29, 1.82) is 0 Å². The third-order valence-electron chi connectivity index (χ3n) is 5.09. The van der Waals surface area contributed by atoms with Gasteiger partial charge in [-0.15, -0.1) is 0 Å². The molecule has 0 saturated heterocycles. The molecular formula is C24H25Cl2N3O5S2. The van der Waals surface area contributed by atoms with Gasteiger partial charge >= 0.3 is 0 Å². The van der Waals surface area contributed by atoms with Gasteiger partial charge in [-0.1, -0.05) is 53.0 Å². The van der Waals surface area contributed by atoms with Gasteiger partial charge in [0, 0.05) is 29.7 Å². The second-order valence-corrected chi connectivity index (χ2v) is 12.5. The topological polar surface area (TPSA) is 113 Å². The van der Waals surface area contributed by atoms with Crippen LogP contribution in [0.25, 0.3) is 0 Å². The molecule has 2 N–H and O–H groups in total. The molecule has 0 unspecified atom stereocenters. The number of carbonyl (C=O) groups is 1. The quantitative estimate of drug-likeness (QED) is 0.343. The minimum atomic E-state index is -4.06. The van der Waals surface area contributed by atoms with Crippen molar-refractivity contribution in [2.75, 3.05) is 19.6 Å². The van der Waals surface area contributed by atoms with E-state index in [1.807, 2.05) is 6.92 Å². The average molecular weight is 571 g/mol. The van der Waals surface area contributed by atoms with E-state index in [0.29, 0.717) is 15.6 Å². The highest BCUT2D eigenvalue weighted by molar-refractivity contribution is 7.89. The Bertz CT molecular complexity index is 1410. The van der Waals surface area contributed by atoms with E-state index in [-0.39, 0.29) is 29.4 Å².